The molecule has 2 aliphatic rings. The maximum absolute atomic E-state index is 13.2. The van der Waals surface area contributed by atoms with Crippen molar-refractivity contribution in [3.63, 3.8) is 0 Å². The zero-order chi connectivity index (χ0) is 17.6. The fourth-order valence-electron chi connectivity index (χ4n) is 3.76. The molecule has 1 aliphatic heterocycles. The average molecular weight is 375 g/mol. The molecule has 1 unspecified atom stereocenters. The Morgan fingerprint density at radius 3 is 2.50 bits per heavy atom. The van der Waals surface area contributed by atoms with Gasteiger partial charge in [-0.05, 0) is 36.8 Å². The quantitative estimate of drug-likeness (QED) is 0.895. The van der Waals surface area contributed by atoms with Crippen molar-refractivity contribution in [2.45, 2.75) is 45.1 Å². The molecule has 1 atom stereocenters. The molecule has 26 heavy (non-hydrogen) atoms. The van der Waals surface area contributed by atoms with Gasteiger partial charge >= 0.3 is 0 Å². The van der Waals surface area contributed by atoms with Gasteiger partial charge in [-0.15, -0.1) is 12.4 Å². The molecule has 6 heteroatoms. The average Bonchev–Trinajstić information content (AvgIpc) is 3.35. The van der Waals surface area contributed by atoms with E-state index in [-0.39, 0.29) is 29.8 Å². The van der Waals surface area contributed by atoms with Gasteiger partial charge in [0, 0.05) is 25.0 Å². The van der Waals surface area contributed by atoms with Crippen molar-refractivity contribution < 1.29 is 4.79 Å². The Hall–Kier alpha value is -1.85. The van der Waals surface area contributed by atoms with Crippen molar-refractivity contribution in [3.8, 4) is 5.69 Å². The second kappa shape index (κ2) is 7.05. The number of halogens is 1. The highest BCUT2D eigenvalue weighted by Gasteiger charge is 2.38. The van der Waals surface area contributed by atoms with E-state index < -0.39 is 0 Å². The van der Waals surface area contributed by atoms with E-state index >= 15 is 0 Å². The molecule has 5 nitrogen and oxygen atoms in total. The number of piperidine rings is 1. The van der Waals surface area contributed by atoms with Crippen LogP contribution >= 0.6 is 12.4 Å². The number of carbonyl (C=O) groups excluding carboxylic acids is 1. The van der Waals surface area contributed by atoms with Crippen molar-refractivity contribution >= 4 is 18.3 Å². The molecule has 1 saturated carbocycles. The van der Waals surface area contributed by atoms with Crippen LogP contribution in [0.4, 0.5) is 0 Å². The van der Waals surface area contributed by atoms with E-state index in [0.717, 1.165) is 42.8 Å². The van der Waals surface area contributed by atoms with Crippen LogP contribution in [0.1, 0.15) is 55.1 Å². The van der Waals surface area contributed by atoms with Gasteiger partial charge < -0.3 is 10.6 Å². The summed E-state index contributed by atoms with van der Waals surface area (Å²) in [6.45, 7) is 5.72. The number of benzene rings is 1. The normalized spacial score (nSPS) is 22.0. The first-order valence-electron chi connectivity index (χ1n) is 9.15. The topological polar surface area (TPSA) is 64.2 Å². The van der Waals surface area contributed by atoms with Gasteiger partial charge in [0.1, 0.15) is 0 Å². The molecule has 1 aromatic heterocycles. The molecule has 1 aliphatic carbocycles. The number of hydrogen-bond donors (Lipinski definition) is 1. The van der Waals surface area contributed by atoms with Gasteiger partial charge in [-0.3, -0.25) is 4.79 Å². The number of para-hydroxylation sites is 1. The minimum absolute atomic E-state index is 0. The lowest BCUT2D eigenvalue weighted by atomic mass is 9.79. The predicted molar refractivity (Wildman–Crippen MR) is 105 cm³/mol. The smallest absolute Gasteiger partial charge is 0.257 e. The van der Waals surface area contributed by atoms with Crippen molar-refractivity contribution in [2.24, 2.45) is 11.1 Å². The molecule has 1 aromatic carbocycles. The molecule has 2 heterocycles. The molecule has 4 rings (SSSR count). The second-order valence-corrected chi connectivity index (χ2v) is 8.08. The van der Waals surface area contributed by atoms with Crippen LogP contribution in [0.5, 0.6) is 0 Å². The first-order valence-corrected chi connectivity index (χ1v) is 9.15. The summed E-state index contributed by atoms with van der Waals surface area (Å²) in [5.74, 6) is 0.547. The molecule has 0 bridgehead atoms. The van der Waals surface area contributed by atoms with Gasteiger partial charge in [0.15, 0.2) is 0 Å². The standard InChI is InChI=1S/C20H26N4O.ClH/c1-20(2)13-23(11-10-17(20)21)19(25)16-12-22-24(18(16)14-8-9-14)15-6-4-3-5-7-15;/h3-7,12,14,17H,8-11,13,21H2,1-2H3;1H. The van der Waals surface area contributed by atoms with Crippen LogP contribution in [0.3, 0.4) is 0 Å². The van der Waals surface area contributed by atoms with Gasteiger partial charge in [0.05, 0.1) is 23.1 Å². The van der Waals surface area contributed by atoms with Crippen LogP contribution in [0.25, 0.3) is 5.69 Å². The monoisotopic (exact) mass is 374 g/mol. The molecule has 140 valence electrons. The van der Waals surface area contributed by atoms with Crippen LogP contribution in [0.2, 0.25) is 0 Å². The second-order valence-electron chi connectivity index (χ2n) is 8.08. The zero-order valence-corrected chi connectivity index (χ0v) is 16.2. The maximum Gasteiger partial charge on any atom is 0.257 e. The Bertz CT molecular complexity index is 782. The Labute approximate surface area is 161 Å². The van der Waals surface area contributed by atoms with Gasteiger partial charge in [0.2, 0.25) is 0 Å². The summed E-state index contributed by atoms with van der Waals surface area (Å²) in [5, 5.41) is 4.56. The molecule has 2 aromatic rings. The molecule has 2 N–H and O–H groups in total. The lowest BCUT2D eigenvalue weighted by molar-refractivity contribution is 0.0532. The first kappa shape index (κ1) is 18.9. The van der Waals surface area contributed by atoms with Gasteiger partial charge in [-0.1, -0.05) is 32.0 Å². The summed E-state index contributed by atoms with van der Waals surface area (Å²) >= 11 is 0. The Morgan fingerprint density at radius 2 is 1.88 bits per heavy atom. The number of hydrogen-bond acceptors (Lipinski definition) is 3. The summed E-state index contributed by atoms with van der Waals surface area (Å²) < 4.78 is 1.95. The van der Waals surface area contributed by atoms with E-state index in [1.165, 1.54) is 0 Å². The van der Waals surface area contributed by atoms with E-state index in [4.69, 9.17) is 5.73 Å². The Kier molecular flexibility index (Phi) is 5.13. The van der Waals surface area contributed by atoms with E-state index in [0.29, 0.717) is 12.5 Å². The lowest BCUT2D eigenvalue weighted by Gasteiger charge is -2.42. The summed E-state index contributed by atoms with van der Waals surface area (Å²) in [6, 6.07) is 10.2. The van der Waals surface area contributed by atoms with E-state index in [2.05, 4.69) is 18.9 Å². The number of rotatable bonds is 3. The third-order valence-corrected chi connectivity index (χ3v) is 5.60. The van der Waals surface area contributed by atoms with Crippen LogP contribution < -0.4 is 5.73 Å². The third-order valence-electron chi connectivity index (χ3n) is 5.60. The van der Waals surface area contributed by atoms with E-state index in [9.17, 15) is 4.79 Å². The largest absolute Gasteiger partial charge is 0.338 e. The predicted octanol–water partition coefficient (Wildman–Crippen LogP) is 3.37. The number of carbonyl (C=O) groups is 1. The van der Waals surface area contributed by atoms with Crippen LogP contribution in [0.15, 0.2) is 36.5 Å². The summed E-state index contributed by atoms with van der Waals surface area (Å²) in [5.41, 5.74) is 9.03. The van der Waals surface area contributed by atoms with Gasteiger partial charge in [-0.2, -0.15) is 5.10 Å². The van der Waals surface area contributed by atoms with E-state index in [1.807, 2.05) is 39.9 Å². The van der Waals surface area contributed by atoms with Gasteiger partial charge in [0.25, 0.3) is 5.91 Å². The first-order chi connectivity index (χ1) is 12.0. The highest BCUT2D eigenvalue weighted by atomic mass is 35.5. The molecule has 1 amide bonds. The Balaban J connectivity index is 0.00000196. The van der Waals surface area contributed by atoms with Gasteiger partial charge in [-0.25, -0.2) is 4.68 Å². The summed E-state index contributed by atoms with van der Waals surface area (Å²) in [6.07, 6.45) is 4.87. The number of likely N-dealkylation sites (tertiary alicyclic amines) is 1. The fourth-order valence-corrected chi connectivity index (χ4v) is 3.76. The van der Waals surface area contributed by atoms with Crippen molar-refractivity contribution in [1.82, 2.24) is 14.7 Å². The molecular weight excluding hydrogens is 348 g/mol. The minimum Gasteiger partial charge on any atom is -0.338 e. The number of amides is 1. The summed E-state index contributed by atoms with van der Waals surface area (Å²) in [7, 11) is 0. The number of aromatic nitrogens is 2. The molecule has 0 radical (unpaired) electrons. The fraction of sp³-hybridized carbons (Fsp3) is 0.500. The number of nitrogens with two attached hydrogens (primary N) is 1. The third kappa shape index (κ3) is 3.38. The Morgan fingerprint density at radius 1 is 1.19 bits per heavy atom. The molecule has 0 spiro atoms. The molecule has 1 saturated heterocycles. The summed E-state index contributed by atoms with van der Waals surface area (Å²) in [4.78, 5) is 15.2. The number of nitrogens with zero attached hydrogens (tertiary/aromatic N) is 3. The van der Waals surface area contributed by atoms with Crippen molar-refractivity contribution in [3.05, 3.63) is 47.8 Å². The highest BCUT2D eigenvalue weighted by Crippen LogP contribution is 2.43. The molecule has 2 fully saturated rings. The zero-order valence-electron chi connectivity index (χ0n) is 15.4. The van der Waals surface area contributed by atoms with Crippen molar-refractivity contribution in [1.29, 1.82) is 0 Å². The molecular formula is C20H27ClN4O. The maximum atomic E-state index is 13.2. The van der Waals surface area contributed by atoms with Crippen LogP contribution in [-0.2, 0) is 0 Å². The van der Waals surface area contributed by atoms with Crippen LogP contribution in [-0.4, -0.2) is 39.7 Å². The highest BCUT2D eigenvalue weighted by molar-refractivity contribution is 5.95. The van der Waals surface area contributed by atoms with Crippen LogP contribution in [0, 0.1) is 5.41 Å². The minimum atomic E-state index is -0.0525. The van der Waals surface area contributed by atoms with Crippen molar-refractivity contribution in [2.75, 3.05) is 13.1 Å². The van der Waals surface area contributed by atoms with E-state index in [1.54, 1.807) is 6.20 Å². The lowest BCUT2D eigenvalue weighted by Crippen LogP contribution is -2.54. The SMILES string of the molecule is CC1(C)CN(C(=O)c2cnn(-c3ccccc3)c2C2CC2)CCC1N.Cl.